The number of nitrogens with one attached hydrogen (secondary N) is 1. The van der Waals surface area contributed by atoms with Crippen molar-refractivity contribution in [2.45, 2.75) is 32.4 Å². The Balaban J connectivity index is 1.78. The Labute approximate surface area is 177 Å². The molecule has 1 saturated heterocycles. The van der Waals surface area contributed by atoms with Crippen LogP contribution in [0.5, 0.6) is 11.5 Å². The summed E-state index contributed by atoms with van der Waals surface area (Å²) in [5, 5.41) is 2.92. The normalized spacial score (nSPS) is 18.7. The zero-order valence-corrected chi connectivity index (χ0v) is 18.2. The van der Waals surface area contributed by atoms with E-state index in [2.05, 4.69) is 5.32 Å². The molecule has 0 aliphatic carbocycles. The summed E-state index contributed by atoms with van der Waals surface area (Å²) < 4.78 is 10.7. The van der Waals surface area contributed by atoms with Crippen molar-refractivity contribution in [1.29, 1.82) is 0 Å². The molecule has 3 rings (SSSR count). The van der Waals surface area contributed by atoms with Gasteiger partial charge in [0.1, 0.15) is 5.54 Å². The summed E-state index contributed by atoms with van der Waals surface area (Å²) in [5.41, 5.74) is 1.86. The van der Waals surface area contributed by atoms with Gasteiger partial charge >= 0.3 is 6.03 Å². The highest BCUT2D eigenvalue weighted by atomic mass is 16.5. The average molecular weight is 412 g/mol. The molecular formula is C23H29N3O4. The van der Waals surface area contributed by atoms with Gasteiger partial charge in [0.2, 0.25) is 0 Å². The average Bonchev–Trinajstić information content (AvgIpc) is 3.00. The van der Waals surface area contributed by atoms with Crippen LogP contribution < -0.4 is 14.8 Å². The monoisotopic (exact) mass is 411 g/mol. The summed E-state index contributed by atoms with van der Waals surface area (Å²) in [6.45, 7) is 4.64. The standard InChI is InChI=1S/C23H29N3O4/c1-6-23(18-10-8-7-9-11-18)21(27)26(22(28)24-23)15-25(3)14-17-13-20(30-5)19(29-4)12-16(17)2/h7-13H,6,14-15H2,1-5H3,(H,24,28)/t23-/m0/s1. The molecule has 0 unspecified atom stereocenters. The van der Waals surface area contributed by atoms with Crippen LogP contribution in [0.1, 0.15) is 30.0 Å². The zero-order valence-electron chi connectivity index (χ0n) is 18.2. The molecule has 1 N–H and O–H groups in total. The minimum atomic E-state index is -1.02. The van der Waals surface area contributed by atoms with Crippen molar-refractivity contribution in [3.05, 3.63) is 59.2 Å². The van der Waals surface area contributed by atoms with Crippen molar-refractivity contribution in [3.63, 3.8) is 0 Å². The highest BCUT2D eigenvalue weighted by molar-refractivity contribution is 6.07. The van der Waals surface area contributed by atoms with Crippen LogP contribution >= 0.6 is 0 Å². The number of aryl methyl sites for hydroxylation is 1. The highest BCUT2D eigenvalue weighted by Crippen LogP contribution is 2.33. The summed E-state index contributed by atoms with van der Waals surface area (Å²) in [7, 11) is 5.08. The number of rotatable bonds is 8. The van der Waals surface area contributed by atoms with Gasteiger partial charge in [0.05, 0.1) is 20.9 Å². The Bertz CT molecular complexity index is 932. The van der Waals surface area contributed by atoms with E-state index in [0.717, 1.165) is 16.7 Å². The Morgan fingerprint density at radius 1 is 1.07 bits per heavy atom. The topological polar surface area (TPSA) is 71.1 Å². The molecule has 0 bridgehead atoms. The summed E-state index contributed by atoms with van der Waals surface area (Å²) in [4.78, 5) is 29.2. The fraction of sp³-hybridized carbons (Fsp3) is 0.391. The van der Waals surface area contributed by atoms with E-state index in [1.54, 1.807) is 14.2 Å². The minimum Gasteiger partial charge on any atom is -0.493 e. The van der Waals surface area contributed by atoms with Crippen LogP contribution in [0.4, 0.5) is 4.79 Å². The molecule has 160 valence electrons. The van der Waals surface area contributed by atoms with Crippen molar-refractivity contribution in [2.75, 3.05) is 27.9 Å². The molecular weight excluding hydrogens is 382 g/mol. The van der Waals surface area contributed by atoms with Gasteiger partial charge in [-0.05, 0) is 49.2 Å². The number of carbonyl (C=O) groups is 2. The van der Waals surface area contributed by atoms with Crippen LogP contribution in [0.25, 0.3) is 0 Å². The van der Waals surface area contributed by atoms with Gasteiger partial charge in [-0.15, -0.1) is 0 Å². The number of imide groups is 1. The van der Waals surface area contributed by atoms with E-state index >= 15 is 0 Å². The molecule has 30 heavy (non-hydrogen) atoms. The molecule has 0 spiro atoms. The number of methoxy groups -OCH3 is 2. The second kappa shape index (κ2) is 8.75. The molecule has 1 aliphatic heterocycles. The smallest absolute Gasteiger partial charge is 0.326 e. The molecule has 0 aromatic heterocycles. The largest absolute Gasteiger partial charge is 0.493 e. The van der Waals surface area contributed by atoms with Crippen molar-refractivity contribution >= 4 is 11.9 Å². The second-order valence-corrected chi connectivity index (χ2v) is 7.58. The Morgan fingerprint density at radius 3 is 2.30 bits per heavy atom. The van der Waals surface area contributed by atoms with Gasteiger partial charge in [0.25, 0.3) is 5.91 Å². The number of ether oxygens (including phenoxy) is 2. The number of urea groups is 1. The first-order valence-corrected chi connectivity index (χ1v) is 9.96. The lowest BCUT2D eigenvalue weighted by atomic mass is 9.87. The lowest BCUT2D eigenvalue weighted by Crippen LogP contribution is -2.44. The maximum Gasteiger partial charge on any atom is 0.326 e. The van der Waals surface area contributed by atoms with Crippen LogP contribution in [0.15, 0.2) is 42.5 Å². The first kappa shape index (κ1) is 21.6. The van der Waals surface area contributed by atoms with Gasteiger partial charge < -0.3 is 14.8 Å². The van der Waals surface area contributed by atoms with E-state index in [-0.39, 0.29) is 18.6 Å². The number of benzene rings is 2. The molecule has 0 radical (unpaired) electrons. The third kappa shape index (κ3) is 3.85. The van der Waals surface area contributed by atoms with E-state index in [1.807, 2.05) is 68.3 Å². The summed E-state index contributed by atoms with van der Waals surface area (Å²) in [6.07, 6.45) is 0.483. The van der Waals surface area contributed by atoms with Gasteiger partial charge in [-0.25, -0.2) is 9.69 Å². The molecule has 1 fully saturated rings. The Morgan fingerprint density at radius 2 is 1.70 bits per heavy atom. The van der Waals surface area contributed by atoms with Gasteiger partial charge in [-0.1, -0.05) is 37.3 Å². The molecule has 7 heteroatoms. The molecule has 1 atom stereocenters. The van der Waals surface area contributed by atoms with Gasteiger partial charge in [0, 0.05) is 6.54 Å². The van der Waals surface area contributed by atoms with E-state index in [9.17, 15) is 9.59 Å². The van der Waals surface area contributed by atoms with Crippen LogP contribution in [0.3, 0.4) is 0 Å². The fourth-order valence-corrected chi connectivity index (χ4v) is 3.89. The van der Waals surface area contributed by atoms with Crippen molar-refractivity contribution in [3.8, 4) is 11.5 Å². The number of hydrogen-bond donors (Lipinski definition) is 1. The number of hydrogen-bond acceptors (Lipinski definition) is 5. The first-order chi connectivity index (χ1) is 14.4. The fourth-order valence-electron chi connectivity index (χ4n) is 3.89. The maximum absolute atomic E-state index is 13.3. The third-order valence-electron chi connectivity index (χ3n) is 5.64. The molecule has 7 nitrogen and oxygen atoms in total. The summed E-state index contributed by atoms with van der Waals surface area (Å²) in [6, 6.07) is 12.9. The highest BCUT2D eigenvalue weighted by Gasteiger charge is 2.51. The number of nitrogens with zero attached hydrogens (tertiary/aromatic N) is 2. The molecule has 3 amide bonds. The first-order valence-electron chi connectivity index (χ1n) is 9.96. The lowest BCUT2D eigenvalue weighted by molar-refractivity contribution is -0.133. The van der Waals surface area contributed by atoms with E-state index < -0.39 is 5.54 Å². The van der Waals surface area contributed by atoms with Crippen molar-refractivity contribution in [2.24, 2.45) is 0 Å². The van der Waals surface area contributed by atoms with E-state index in [0.29, 0.717) is 24.5 Å². The summed E-state index contributed by atoms with van der Waals surface area (Å²) in [5.74, 6) is 1.10. The van der Waals surface area contributed by atoms with Gasteiger partial charge in [-0.3, -0.25) is 9.69 Å². The van der Waals surface area contributed by atoms with Crippen LogP contribution in [-0.4, -0.2) is 49.7 Å². The Hall–Kier alpha value is -3.06. The van der Waals surface area contributed by atoms with Crippen molar-refractivity contribution < 1.29 is 19.1 Å². The van der Waals surface area contributed by atoms with Crippen molar-refractivity contribution in [1.82, 2.24) is 15.1 Å². The molecule has 2 aromatic rings. The Kier molecular flexibility index (Phi) is 6.31. The maximum atomic E-state index is 13.3. The van der Waals surface area contributed by atoms with Crippen LogP contribution in [-0.2, 0) is 16.9 Å². The molecule has 0 saturated carbocycles. The number of carbonyl (C=O) groups excluding carboxylic acids is 2. The summed E-state index contributed by atoms with van der Waals surface area (Å²) >= 11 is 0. The van der Waals surface area contributed by atoms with Gasteiger partial charge in [0.15, 0.2) is 11.5 Å². The van der Waals surface area contributed by atoms with Gasteiger partial charge in [-0.2, -0.15) is 0 Å². The molecule has 1 heterocycles. The second-order valence-electron chi connectivity index (χ2n) is 7.58. The van der Waals surface area contributed by atoms with E-state index in [1.165, 1.54) is 4.90 Å². The predicted octanol–water partition coefficient (Wildman–Crippen LogP) is 3.26. The minimum absolute atomic E-state index is 0.188. The lowest BCUT2D eigenvalue weighted by Gasteiger charge is -2.27. The molecule has 1 aliphatic rings. The third-order valence-corrected chi connectivity index (χ3v) is 5.64. The molecule has 2 aromatic carbocycles. The SMILES string of the molecule is CC[C@@]1(c2ccccc2)NC(=O)N(CN(C)Cc2cc(OC)c(OC)cc2C)C1=O. The van der Waals surface area contributed by atoms with E-state index in [4.69, 9.17) is 9.47 Å². The zero-order chi connectivity index (χ0) is 21.9. The predicted molar refractivity (Wildman–Crippen MR) is 114 cm³/mol. The quantitative estimate of drug-likeness (QED) is 0.675. The van der Waals surface area contributed by atoms with Crippen LogP contribution in [0, 0.1) is 6.92 Å². The van der Waals surface area contributed by atoms with Crippen LogP contribution in [0.2, 0.25) is 0 Å². The number of amides is 3.